The maximum Gasteiger partial charge on any atom is 0.122 e. The molecular weight excluding hydrogens is 258 g/mol. The molecule has 1 aromatic carbocycles. The Balaban J connectivity index is 2.12. The van der Waals surface area contributed by atoms with Crippen LogP contribution in [0.1, 0.15) is 50.2 Å². The molecule has 1 fully saturated rings. The highest BCUT2D eigenvalue weighted by molar-refractivity contribution is 5.37. The lowest BCUT2D eigenvalue weighted by Gasteiger charge is -2.36. The third kappa shape index (κ3) is 4.23. The molecular formula is C19H31NO. The molecule has 118 valence electrons. The molecule has 2 heteroatoms. The van der Waals surface area contributed by atoms with Gasteiger partial charge in [0.15, 0.2) is 0 Å². The molecule has 2 nitrogen and oxygen atoms in total. The average Bonchev–Trinajstić information content (AvgIpc) is 2.48. The molecule has 3 unspecified atom stereocenters. The van der Waals surface area contributed by atoms with Crippen molar-refractivity contribution >= 4 is 0 Å². The summed E-state index contributed by atoms with van der Waals surface area (Å²) in [5, 5.41) is 3.55. The van der Waals surface area contributed by atoms with Gasteiger partial charge in [-0.3, -0.25) is 0 Å². The minimum atomic E-state index is 0.656. The van der Waals surface area contributed by atoms with Crippen LogP contribution in [-0.2, 0) is 6.42 Å². The number of nitrogens with one attached hydrogen (secondary N) is 1. The fraction of sp³-hybridized carbons (Fsp3) is 0.684. The summed E-state index contributed by atoms with van der Waals surface area (Å²) in [5.74, 6) is 2.70. The zero-order valence-electron chi connectivity index (χ0n) is 14.1. The van der Waals surface area contributed by atoms with Gasteiger partial charge in [-0.2, -0.15) is 0 Å². The number of methoxy groups -OCH3 is 1. The molecule has 2 rings (SSSR count). The third-order valence-electron chi connectivity index (χ3n) is 5.08. The second kappa shape index (κ2) is 7.84. The SMILES string of the molecule is CCCC1CCC(NC)C(Cc2cc(C)ccc2OC)C1. The van der Waals surface area contributed by atoms with E-state index in [0.29, 0.717) is 6.04 Å². The van der Waals surface area contributed by atoms with Crippen LogP contribution in [0.25, 0.3) is 0 Å². The van der Waals surface area contributed by atoms with E-state index in [2.05, 4.69) is 44.4 Å². The van der Waals surface area contributed by atoms with E-state index in [0.717, 1.165) is 24.0 Å². The summed E-state index contributed by atoms with van der Waals surface area (Å²) >= 11 is 0. The first-order chi connectivity index (χ1) is 10.2. The average molecular weight is 289 g/mol. The van der Waals surface area contributed by atoms with Crippen LogP contribution in [0.2, 0.25) is 0 Å². The van der Waals surface area contributed by atoms with Crippen molar-refractivity contribution in [2.45, 2.75) is 58.4 Å². The number of rotatable bonds is 6. The normalized spacial score (nSPS) is 25.8. The summed E-state index contributed by atoms with van der Waals surface area (Å²) in [6, 6.07) is 7.21. The second-order valence-corrected chi connectivity index (χ2v) is 6.64. The Hall–Kier alpha value is -1.02. The Labute approximate surface area is 130 Å². The van der Waals surface area contributed by atoms with Crippen molar-refractivity contribution in [1.29, 1.82) is 0 Å². The van der Waals surface area contributed by atoms with E-state index in [1.54, 1.807) is 7.11 Å². The van der Waals surface area contributed by atoms with Gasteiger partial charge in [0.1, 0.15) is 5.75 Å². The molecule has 21 heavy (non-hydrogen) atoms. The fourth-order valence-corrected chi connectivity index (χ4v) is 3.99. The molecule has 1 saturated carbocycles. The van der Waals surface area contributed by atoms with Gasteiger partial charge < -0.3 is 10.1 Å². The third-order valence-corrected chi connectivity index (χ3v) is 5.08. The maximum absolute atomic E-state index is 5.56. The van der Waals surface area contributed by atoms with Gasteiger partial charge in [-0.25, -0.2) is 0 Å². The van der Waals surface area contributed by atoms with E-state index in [1.807, 2.05) is 0 Å². The topological polar surface area (TPSA) is 21.3 Å². The summed E-state index contributed by atoms with van der Waals surface area (Å²) in [5.41, 5.74) is 2.70. The number of ether oxygens (including phenoxy) is 1. The number of hydrogen-bond acceptors (Lipinski definition) is 2. The molecule has 0 saturated heterocycles. The second-order valence-electron chi connectivity index (χ2n) is 6.64. The molecule has 0 spiro atoms. The van der Waals surface area contributed by atoms with Crippen LogP contribution in [0, 0.1) is 18.8 Å². The number of aryl methyl sites for hydroxylation is 1. The highest BCUT2D eigenvalue weighted by Crippen LogP contribution is 2.35. The molecule has 0 amide bonds. The number of hydrogen-bond donors (Lipinski definition) is 1. The van der Waals surface area contributed by atoms with Crippen molar-refractivity contribution in [3.05, 3.63) is 29.3 Å². The number of benzene rings is 1. The van der Waals surface area contributed by atoms with Gasteiger partial charge in [-0.1, -0.05) is 37.5 Å². The van der Waals surface area contributed by atoms with Gasteiger partial charge in [0.25, 0.3) is 0 Å². The summed E-state index contributed by atoms with van der Waals surface area (Å²) in [4.78, 5) is 0. The van der Waals surface area contributed by atoms with Crippen molar-refractivity contribution in [2.24, 2.45) is 11.8 Å². The van der Waals surface area contributed by atoms with Gasteiger partial charge in [-0.05, 0) is 63.1 Å². The minimum Gasteiger partial charge on any atom is -0.496 e. The van der Waals surface area contributed by atoms with Gasteiger partial charge in [0.2, 0.25) is 0 Å². The quantitative estimate of drug-likeness (QED) is 0.840. The zero-order valence-corrected chi connectivity index (χ0v) is 14.1. The van der Waals surface area contributed by atoms with Crippen molar-refractivity contribution in [3.63, 3.8) is 0 Å². The van der Waals surface area contributed by atoms with E-state index >= 15 is 0 Å². The van der Waals surface area contributed by atoms with E-state index < -0.39 is 0 Å². The molecule has 0 aromatic heterocycles. The molecule has 3 atom stereocenters. The Kier molecular flexibility index (Phi) is 6.10. The first kappa shape index (κ1) is 16.4. The fourth-order valence-electron chi connectivity index (χ4n) is 3.99. The van der Waals surface area contributed by atoms with E-state index in [1.165, 1.54) is 43.2 Å². The van der Waals surface area contributed by atoms with Crippen LogP contribution >= 0.6 is 0 Å². The molecule has 1 aliphatic rings. The van der Waals surface area contributed by atoms with Crippen LogP contribution < -0.4 is 10.1 Å². The summed E-state index contributed by atoms with van der Waals surface area (Å²) in [6.45, 7) is 4.47. The van der Waals surface area contributed by atoms with Gasteiger partial charge in [0.05, 0.1) is 7.11 Å². The van der Waals surface area contributed by atoms with Crippen molar-refractivity contribution in [3.8, 4) is 5.75 Å². The largest absolute Gasteiger partial charge is 0.496 e. The van der Waals surface area contributed by atoms with Gasteiger partial charge >= 0.3 is 0 Å². The van der Waals surface area contributed by atoms with Crippen molar-refractivity contribution in [1.82, 2.24) is 5.32 Å². The van der Waals surface area contributed by atoms with Crippen molar-refractivity contribution in [2.75, 3.05) is 14.2 Å². The maximum atomic E-state index is 5.56. The molecule has 1 aromatic rings. The molecule has 0 heterocycles. The molecule has 1 aliphatic carbocycles. The van der Waals surface area contributed by atoms with Crippen LogP contribution in [0.3, 0.4) is 0 Å². The molecule has 0 aliphatic heterocycles. The first-order valence-electron chi connectivity index (χ1n) is 8.48. The van der Waals surface area contributed by atoms with Gasteiger partial charge in [0, 0.05) is 6.04 Å². The predicted octanol–water partition coefficient (Wildman–Crippen LogP) is 4.35. The van der Waals surface area contributed by atoms with Crippen LogP contribution in [-0.4, -0.2) is 20.2 Å². The Morgan fingerprint density at radius 2 is 2.10 bits per heavy atom. The lowest BCUT2D eigenvalue weighted by molar-refractivity contribution is 0.199. The summed E-state index contributed by atoms with van der Waals surface area (Å²) in [6.07, 6.45) is 7.90. The Bertz CT molecular complexity index is 443. The molecule has 0 bridgehead atoms. The smallest absolute Gasteiger partial charge is 0.122 e. The lowest BCUT2D eigenvalue weighted by Crippen LogP contribution is -2.39. The van der Waals surface area contributed by atoms with Crippen molar-refractivity contribution < 1.29 is 4.74 Å². The standard InChI is InChI=1S/C19H31NO/c1-5-6-15-8-9-18(20-3)16(12-15)13-17-11-14(2)7-10-19(17)21-4/h7,10-11,15-16,18,20H,5-6,8-9,12-13H2,1-4H3. The van der Waals surface area contributed by atoms with E-state index in [9.17, 15) is 0 Å². The molecule has 1 N–H and O–H groups in total. The Morgan fingerprint density at radius 1 is 1.29 bits per heavy atom. The highest BCUT2D eigenvalue weighted by atomic mass is 16.5. The van der Waals surface area contributed by atoms with Crippen LogP contribution in [0.5, 0.6) is 5.75 Å². The summed E-state index contributed by atoms with van der Waals surface area (Å²) in [7, 11) is 3.90. The van der Waals surface area contributed by atoms with Gasteiger partial charge in [-0.15, -0.1) is 0 Å². The highest BCUT2D eigenvalue weighted by Gasteiger charge is 2.29. The van der Waals surface area contributed by atoms with Crippen LogP contribution in [0.4, 0.5) is 0 Å². The predicted molar refractivity (Wildman–Crippen MR) is 90.0 cm³/mol. The lowest BCUT2D eigenvalue weighted by atomic mass is 9.74. The van der Waals surface area contributed by atoms with E-state index in [4.69, 9.17) is 4.74 Å². The first-order valence-corrected chi connectivity index (χ1v) is 8.48. The van der Waals surface area contributed by atoms with E-state index in [-0.39, 0.29) is 0 Å². The monoisotopic (exact) mass is 289 g/mol. The minimum absolute atomic E-state index is 0.656. The van der Waals surface area contributed by atoms with Crippen LogP contribution in [0.15, 0.2) is 18.2 Å². The zero-order chi connectivity index (χ0) is 15.2. The Morgan fingerprint density at radius 3 is 2.76 bits per heavy atom. The summed E-state index contributed by atoms with van der Waals surface area (Å²) < 4.78 is 5.56. The molecule has 0 radical (unpaired) electrons.